The molecule has 1 saturated carbocycles. The molecule has 1 fully saturated rings. The van der Waals surface area contributed by atoms with Gasteiger partial charge < -0.3 is 11.1 Å². The fourth-order valence-electron chi connectivity index (χ4n) is 6.18. The number of fused-ring (bicyclic) bond motifs is 2. The molecule has 3 aliphatic rings. The van der Waals surface area contributed by atoms with Gasteiger partial charge in [0, 0.05) is 31.9 Å². The number of rotatable bonds is 6. The molecule has 0 bridgehead atoms. The number of hydrogen-bond acceptors (Lipinski definition) is 4. The average Bonchev–Trinajstić information content (AvgIpc) is 2.83. The van der Waals surface area contributed by atoms with Gasteiger partial charge in [-0.25, -0.2) is 0 Å². The first-order valence-electron chi connectivity index (χ1n) is 12.5. The molecule has 0 unspecified atom stereocenters. The smallest absolute Gasteiger partial charge is 0.0607 e. The molecule has 2 aromatic rings. The van der Waals surface area contributed by atoms with Crippen LogP contribution in [0.3, 0.4) is 0 Å². The zero-order valence-electron chi connectivity index (χ0n) is 18.8. The van der Waals surface area contributed by atoms with Crippen LogP contribution in [0.4, 0.5) is 0 Å². The van der Waals surface area contributed by atoms with Crippen molar-refractivity contribution in [3.8, 4) is 0 Å². The molecule has 3 N–H and O–H groups in total. The van der Waals surface area contributed by atoms with Crippen LogP contribution in [0.5, 0.6) is 0 Å². The molecule has 2 heterocycles. The highest BCUT2D eigenvalue weighted by atomic mass is 15.2. The summed E-state index contributed by atoms with van der Waals surface area (Å²) in [5.41, 5.74) is 11.8. The van der Waals surface area contributed by atoms with Gasteiger partial charge in [0.15, 0.2) is 0 Å². The van der Waals surface area contributed by atoms with Crippen molar-refractivity contribution in [2.45, 2.75) is 70.0 Å². The summed E-state index contributed by atoms with van der Waals surface area (Å²) in [5.74, 6) is 1.55. The lowest BCUT2D eigenvalue weighted by molar-refractivity contribution is 0.111. The van der Waals surface area contributed by atoms with Crippen molar-refractivity contribution in [1.82, 2.24) is 15.2 Å². The highest BCUT2D eigenvalue weighted by molar-refractivity contribution is 5.30. The Morgan fingerprint density at radius 1 is 0.903 bits per heavy atom. The molecular formula is C27H38N4. The first kappa shape index (κ1) is 21.1. The van der Waals surface area contributed by atoms with Crippen LogP contribution in [0, 0.1) is 11.8 Å². The number of aryl methyl sites for hydroxylation is 1. The molecule has 5 rings (SSSR count). The Labute approximate surface area is 187 Å². The fourth-order valence-corrected chi connectivity index (χ4v) is 6.18. The molecule has 4 nitrogen and oxygen atoms in total. The third-order valence-corrected chi connectivity index (χ3v) is 8.02. The molecule has 2 aliphatic carbocycles. The molecule has 4 heteroatoms. The molecular weight excluding hydrogens is 380 g/mol. The molecule has 0 spiro atoms. The van der Waals surface area contributed by atoms with Crippen LogP contribution in [0.15, 0.2) is 42.6 Å². The van der Waals surface area contributed by atoms with E-state index < -0.39 is 0 Å². The monoisotopic (exact) mass is 418 g/mol. The van der Waals surface area contributed by atoms with Crippen molar-refractivity contribution in [2.24, 2.45) is 17.6 Å². The lowest BCUT2D eigenvalue weighted by atomic mass is 9.81. The number of nitrogens with two attached hydrogens (primary N) is 1. The van der Waals surface area contributed by atoms with E-state index in [4.69, 9.17) is 10.7 Å². The van der Waals surface area contributed by atoms with Gasteiger partial charge in [0.1, 0.15) is 0 Å². The van der Waals surface area contributed by atoms with Crippen LogP contribution >= 0.6 is 0 Å². The van der Waals surface area contributed by atoms with E-state index in [0.717, 1.165) is 37.9 Å². The number of aromatic nitrogens is 1. The van der Waals surface area contributed by atoms with Crippen molar-refractivity contribution < 1.29 is 0 Å². The van der Waals surface area contributed by atoms with E-state index >= 15 is 0 Å². The Balaban J connectivity index is 1.34. The van der Waals surface area contributed by atoms with Gasteiger partial charge in [-0.2, -0.15) is 0 Å². The Kier molecular flexibility index (Phi) is 6.68. The number of hydrogen-bond donors (Lipinski definition) is 2. The van der Waals surface area contributed by atoms with E-state index in [2.05, 4.69) is 46.6 Å². The minimum absolute atomic E-state index is 0.469. The second-order valence-corrected chi connectivity index (χ2v) is 10.1. The van der Waals surface area contributed by atoms with E-state index in [9.17, 15) is 0 Å². The Hall–Kier alpha value is -1.75. The molecule has 0 radical (unpaired) electrons. The van der Waals surface area contributed by atoms with Crippen LogP contribution in [0.1, 0.15) is 67.0 Å². The predicted octanol–water partition coefficient (Wildman–Crippen LogP) is 4.24. The van der Waals surface area contributed by atoms with Crippen molar-refractivity contribution >= 4 is 0 Å². The van der Waals surface area contributed by atoms with Gasteiger partial charge in [-0.1, -0.05) is 30.3 Å². The molecule has 31 heavy (non-hydrogen) atoms. The van der Waals surface area contributed by atoms with Crippen LogP contribution in [0.25, 0.3) is 0 Å². The Bertz CT molecular complexity index is 858. The highest BCUT2D eigenvalue weighted by Crippen LogP contribution is 2.36. The second-order valence-electron chi connectivity index (χ2n) is 10.1. The fraction of sp³-hybridized carbons (Fsp3) is 0.593. The molecule has 2 atom stereocenters. The van der Waals surface area contributed by atoms with E-state index in [1.807, 2.05) is 6.20 Å². The lowest BCUT2D eigenvalue weighted by Gasteiger charge is -2.41. The molecule has 1 aliphatic heterocycles. The number of benzene rings is 1. The lowest BCUT2D eigenvalue weighted by Crippen LogP contribution is -2.48. The third kappa shape index (κ3) is 4.87. The van der Waals surface area contributed by atoms with Gasteiger partial charge >= 0.3 is 0 Å². The predicted molar refractivity (Wildman–Crippen MR) is 127 cm³/mol. The summed E-state index contributed by atoms with van der Waals surface area (Å²) < 4.78 is 0. The summed E-state index contributed by atoms with van der Waals surface area (Å²) >= 11 is 0. The SMILES string of the molecule is NCC1CCC(CN(C[C@H]2Cc3ccccc3CN2)[C@H]2CCCc3cccnc32)CC1. The van der Waals surface area contributed by atoms with Gasteiger partial charge in [0.2, 0.25) is 0 Å². The van der Waals surface area contributed by atoms with Crippen LogP contribution in [-0.2, 0) is 19.4 Å². The number of pyridine rings is 1. The van der Waals surface area contributed by atoms with E-state index in [-0.39, 0.29) is 0 Å². The number of nitrogens with zero attached hydrogens (tertiary/aromatic N) is 2. The largest absolute Gasteiger partial charge is 0.330 e. The van der Waals surface area contributed by atoms with Gasteiger partial charge in [-0.15, -0.1) is 0 Å². The summed E-state index contributed by atoms with van der Waals surface area (Å²) in [4.78, 5) is 7.70. The first-order valence-corrected chi connectivity index (χ1v) is 12.5. The average molecular weight is 419 g/mol. The Morgan fingerprint density at radius 2 is 1.68 bits per heavy atom. The summed E-state index contributed by atoms with van der Waals surface area (Å²) in [5, 5.41) is 3.84. The third-order valence-electron chi connectivity index (χ3n) is 8.02. The van der Waals surface area contributed by atoms with Crippen LogP contribution in [-0.4, -0.2) is 35.6 Å². The van der Waals surface area contributed by atoms with Crippen LogP contribution < -0.4 is 11.1 Å². The van der Waals surface area contributed by atoms with Crippen molar-refractivity contribution in [2.75, 3.05) is 19.6 Å². The summed E-state index contributed by atoms with van der Waals surface area (Å²) in [7, 11) is 0. The second kappa shape index (κ2) is 9.81. The van der Waals surface area contributed by atoms with Crippen molar-refractivity contribution in [3.63, 3.8) is 0 Å². The quantitative estimate of drug-likeness (QED) is 0.737. The highest BCUT2D eigenvalue weighted by Gasteiger charge is 2.32. The molecule has 166 valence electrons. The zero-order chi connectivity index (χ0) is 21.0. The molecule has 1 aromatic heterocycles. The van der Waals surface area contributed by atoms with Gasteiger partial charge in [-0.05, 0) is 92.5 Å². The summed E-state index contributed by atoms with van der Waals surface area (Å²) in [6, 6.07) is 14.3. The first-order chi connectivity index (χ1) is 15.3. The standard InChI is InChI=1S/C27H38N4/c28-16-20-10-12-21(13-11-20)18-31(26-9-3-7-22-8-4-14-29-27(22)26)19-25-15-23-5-1-2-6-24(23)17-30-25/h1-2,4-6,8,14,20-21,25-26,30H,3,7,9-13,15-19,28H2/t20?,21?,25-,26+/m1/s1. The maximum Gasteiger partial charge on any atom is 0.0607 e. The maximum atomic E-state index is 5.96. The van der Waals surface area contributed by atoms with Gasteiger partial charge in [0.05, 0.1) is 11.7 Å². The number of nitrogens with one attached hydrogen (secondary N) is 1. The summed E-state index contributed by atoms with van der Waals surface area (Å²) in [6.45, 7) is 4.18. The van der Waals surface area contributed by atoms with Crippen molar-refractivity contribution in [1.29, 1.82) is 0 Å². The van der Waals surface area contributed by atoms with E-state index in [1.165, 1.54) is 73.9 Å². The summed E-state index contributed by atoms with van der Waals surface area (Å²) in [6.07, 6.45) is 12.1. The maximum absolute atomic E-state index is 5.96. The zero-order valence-corrected chi connectivity index (χ0v) is 18.8. The van der Waals surface area contributed by atoms with E-state index in [0.29, 0.717) is 12.1 Å². The molecule has 0 saturated heterocycles. The van der Waals surface area contributed by atoms with Gasteiger partial charge in [0.25, 0.3) is 0 Å². The van der Waals surface area contributed by atoms with Crippen molar-refractivity contribution in [3.05, 3.63) is 65.0 Å². The van der Waals surface area contributed by atoms with E-state index in [1.54, 1.807) is 0 Å². The minimum atomic E-state index is 0.469. The minimum Gasteiger partial charge on any atom is -0.330 e. The Morgan fingerprint density at radius 3 is 2.52 bits per heavy atom. The topological polar surface area (TPSA) is 54.2 Å². The molecule has 0 amide bonds. The van der Waals surface area contributed by atoms with Gasteiger partial charge in [-0.3, -0.25) is 9.88 Å². The normalized spacial score (nSPS) is 28.2. The molecule has 1 aromatic carbocycles. The van der Waals surface area contributed by atoms with Crippen LogP contribution in [0.2, 0.25) is 0 Å².